The average molecular weight is 287 g/mol. The molecule has 2 amide bonds. The van der Waals surface area contributed by atoms with Crippen LogP contribution in [0.2, 0.25) is 0 Å². The van der Waals surface area contributed by atoms with Crippen LogP contribution in [0.4, 0.5) is 10.5 Å². The molecule has 1 aromatic carbocycles. The van der Waals surface area contributed by atoms with Crippen LogP contribution in [0.5, 0.6) is 0 Å². The van der Waals surface area contributed by atoms with E-state index in [1.807, 2.05) is 41.4 Å². The highest BCUT2D eigenvalue weighted by Gasteiger charge is 2.10. The van der Waals surface area contributed by atoms with Gasteiger partial charge in [-0.25, -0.2) is 9.78 Å². The van der Waals surface area contributed by atoms with Crippen molar-refractivity contribution in [3.63, 3.8) is 0 Å². The van der Waals surface area contributed by atoms with Crippen molar-refractivity contribution < 1.29 is 4.79 Å². The minimum absolute atomic E-state index is 0.214. The molecule has 21 heavy (non-hydrogen) atoms. The predicted octanol–water partition coefficient (Wildman–Crippen LogP) is 2.11. The highest BCUT2D eigenvalue weighted by molar-refractivity contribution is 5.87. The van der Waals surface area contributed by atoms with Crippen molar-refractivity contribution in [2.24, 2.45) is 5.73 Å². The van der Waals surface area contributed by atoms with Crippen LogP contribution in [-0.4, -0.2) is 21.6 Å². The van der Waals surface area contributed by atoms with Crippen molar-refractivity contribution in [1.29, 1.82) is 0 Å². The van der Waals surface area contributed by atoms with Gasteiger partial charge in [-0.3, -0.25) is 0 Å². The van der Waals surface area contributed by atoms with Gasteiger partial charge in [-0.1, -0.05) is 12.1 Å². The number of carbonyl (C=O) groups excluding carboxylic acids is 1. The van der Waals surface area contributed by atoms with Gasteiger partial charge >= 0.3 is 6.03 Å². The molecule has 6 heteroatoms. The maximum atomic E-state index is 10.8. The first-order chi connectivity index (χ1) is 10.0. The van der Waals surface area contributed by atoms with E-state index in [1.165, 1.54) is 0 Å². The number of nitrogens with one attached hydrogen (secondary N) is 2. The zero-order valence-electron chi connectivity index (χ0n) is 12.3. The van der Waals surface area contributed by atoms with Crippen LogP contribution >= 0.6 is 0 Å². The highest BCUT2D eigenvalue weighted by atomic mass is 16.2. The molecule has 2 unspecified atom stereocenters. The largest absolute Gasteiger partial charge is 0.351 e. The molecule has 0 fully saturated rings. The molecule has 0 aliphatic rings. The van der Waals surface area contributed by atoms with Crippen molar-refractivity contribution in [3.05, 3.63) is 48.5 Å². The van der Waals surface area contributed by atoms with Crippen molar-refractivity contribution in [2.75, 3.05) is 5.32 Å². The summed E-state index contributed by atoms with van der Waals surface area (Å²) in [7, 11) is 0. The second-order valence-electron chi connectivity index (χ2n) is 5.16. The van der Waals surface area contributed by atoms with E-state index in [-0.39, 0.29) is 6.04 Å². The number of carbonyl (C=O) groups is 1. The van der Waals surface area contributed by atoms with Gasteiger partial charge in [0.05, 0.1) is 6.33 Å². The number of amides is 2. The number of nitrogens with two attached hydrogens (primary N) is 1. The molecule has 112 valence electrons. The first-order valence-electron chi connectivity index (χ1n) is 6.93. The molecular weight excluding hydrogens is 266 g/mol. The topological polar surface area (TPSA) is 85.0 Å². The van der Waals surface area contributed by atoms with Gasteiger partial charge in [0, 0.05) is 36.7 Å². The van der Waals surface area contributed by atoms with E-state index in [0.717, 1.165) is 12.1 Å². The molecular formula is C15H21N5O. The summed E-state index contributed by atoms with van der Waals surface area (Å²) in [5.74, 6) is 0. The van der Waals surface area contributed by atoms with E-state index in [2.05, 4.69) is 29.5 Å². The van der Waals surface area contributed by atoms with E-state index in [4.69, 9.17) is 5.73 Å². The lowest BCUT2D eigenvalue weighted by Gasteiger charge is -2.21. The second kappa shape index (κ2) is 6.90. The Bertz CT molecular complexity index is 564. The van der Waals surface area contributed by atoms with E-state index in [9.17, 15) is 4.79 Å². The maximum Gasteiger partial charge on any atom is 0.316 e. The van der Waals surface area contributed by atoms with Crippen molar-refractivity contribution in [3.8, 4) is 0 Å². The fraction of sp³-hybridized carbons (Fsp3) is 0.333. The SMILES string of the molecule is CC(Cn1ccnc1)NC(C)c1ccc(NC(N)=O)cc1. The number of aromatic nitrogens is 2. The summed E-state index contributed by atoms with van der Waals surface area (Å²) in [5.41, 5.74) is 6.94. The Balaban J connectivity index is 1.90. The van der Waals surface area contributed by atoms with Crippen molar-refractivity contribution >= 4 is 11.7 Å². The number of hydrogen-bond donors (Lipinski definition) is 3. The molecule has 2 atom stereocenters. The van der Waals surface area contributed by atoms with Gasteiger partial charge in [-0.15, -0.1) is 0 Å². The van der Waals surface area contributed by atoms with Crippen molar-refractivity contribution in [1.82, 2.24) is 14.9 Å². The smallest absolute Gasteiger partial charge is 0.316 e. The lowest BCUT2D eigenvalue weighted by molar-refractivity contribution is 0.259. The molecule has 0 aliphatic carbocycles. The molecule has 0 saturated heterocycles. The molecule has 0 radical (unpaired) electrons. The Labute approximate surface area is 124 Å². The van der Waals surface area contributed by atoms with Crippen LogP contribution < -0.4 is 16.4 Å². The standard InChI is InChI=1S/C15H21N5O/c1-11(9-20-8-7-17-10-20)18-12(2)13-3-5-14(6-4-13)19-15(16)21/h3-8,10-12,18H,9H2,1-2H3,(H3,16,19,21). The van der Waals surface area contributed by atoms with Crippen molar-refractivity contribution in [2.45, 2.75) is 32.5 Å². The summed E-state index contributed by atoms with van der Waals surface area (Å²) >= 11 is 0. The number of primary amides is 1. The molecule has 0 saturated carbocycles. The van der Waals surface area contributed by atoms with Crippen LogP contribution in [0.1, 0.15) is 25.5 Å². The summed E-state index contributed by atoms with van der Waals surface area (Å²) in [4.78, 5) is 14.8. The third kappa shape index (κ3) is 4.61. The van der Waals surface area contributed by atoms with Gasteiger partial charge in [0.25, 0.3) is 0 Å². The van der Waals surface area contributed by atoms with E-state index in [0.29, 0.717) is 11.7 Å². The van der Waals surface area contributed by atoms with E-state index < -0.39 is 6.03 Å². The van der Waals surface area contributed by atoms with Crippen LogP contribution in [-0.2, 0) is 6.54 Å². The van der Waals surface area contributed by atoms with Gasteiger partial charge in [-0.2, -0.15) is 0 Å². The van der Waals surface area contributed by atoms with Gasteiger partial charge in [0.1, 0.15) is 0 Å². The highest BCUT2D eigenvalue weighted by Crippen LogP contribution is 2.16. The number of nitrogens with zero attached hydrogens (tertiary/aromatic N) is 2. The van der Waals surface area contributed by atoms with Gasteiger partial charge in [-0.05, 0) is 31.5 Å². The summed E-state index contributed by atoms with van der Waals surface area (Å²) in [6.45, 7) is 5.12. The Morgan fingerprint density at radius 2 is 2.05 bits per heavy atom. The molecule has 4 N–H and O–H groups in total. The summed E-state index contributed by atoms with van der Waals surface area (Å²) in [5, 5.41) is 6.08. The molecule has 0 spiro atoms. The van der Waals surface area contributed by atoms with Gasteiger partial charge in [0.2, 0.25) is 0 Å². The molecule has 2 aromatic rings. The predicted molar refractivity (Wildman–Crippen MR) is 82.9 cm³/mol. The number of anilines is 1. The monoisotopic (exact) mass is 287 g/mol. The zero-order chi connectivity index (χ0) is 15.2. The number of imidazole rings is 1. The lowest BCUT2D eigenvalue weighted by Crippen LogP contribution is -2.32. The molecule has 0 aliphatic heterocycles. The van der Waals surface area contributed by atoms with E-state index >= 15 is 0 Å². The second-order valence-corrected chi connectivity index (χ2v) is 5.16. The van der Waals surface area contributed by atoms with Crippen LogP contribution in [0, 0.1) is 0 Å². The number of benzene rings is 1. The third-order valence-corrected chi connectivity index (χ3v) is 3.26. The minimum Gasteiger partial charge on any atom is -0.351 e. The van der Waals surface area contributed by atoms with Gasteiger partial charge in [0.15, 0.2) is 0 Å². The third-order valence-electron chi connectivity index (χ3n) is 3.26. The first-order valence-corrected chi connectivity index (χ1v) is 6.93. The molecule has 1 heterocycles. The molecule has 1 aromatic heterocycles. The molecule has 2 rings (SSSR count). The fourth-order valence-electron chi connectivity index (χ4n) is 2.28. The zero-order valence-corrected chi connectivity index (χ0v) is 12.3. The normalized spacial score (nSPS) is 13.6. The Hall–Kier alpha value is -2.34. The minimum atomic E-state index is -0.553. The van der Waals surface area contributed by atoms with E-state index in [1.54, 1.807) is 6.20 Å². The number of urea groups is 1. The molecule has 0 bridgehead atoms. The maximum absolute atomic E-state index is 10.8. The van der Waals surface area contributed by atoms with Gasteiger partial charge < -0.3 is 20.9 Å². The Morgan fingerprint density at radius 3 is 2.62 bits per heavy atom. The quantitative estimate of drug-likeness (QED) is 0.760. The first kappa shape index (κ1) is 15.1. The van der Waals surface area contributed by atoms with Crippen LogP contribution in [0.15, 0.2) is 43.0 Å². The number of rotatable bonds is 6. The van der Waals surface area contributed by atoms with Crippen LogP contribution in [0.25, 0.3) is 0 Å². The summed E-state index contributed by atoms with van der Waals surface area (Å²) in [6.07, 6.45) is 5.54. The summed E-state index contributed by atoms with van der Waals surface area (Å²) in [6, 6.07) is 7.63. The lowest BCUT2D eigenvalue weighted by atomic mass is 10.1. The van der Waals surface area contributed by atoms with Crippen LogP contribution in [0.3, 0.4) is 0 Å². The molecule has 6 nitrogen and oxygen atoms in total. The Kier molecular flexibility index (Phi) is 4.94. The Morgan fingerprint density at radius 1 is 1.33 bits per heavy atom. The average Bonchev–Trinajstić information content (AvgIpc) is 2.91. The fourth-order valence-corrected chi connectivity index (χ4v) is 2.28. The summed E-state index contributed by atoms with van der Waals surface area (Å²) < 4.78 is 2.05. The number of hydrogen-bond acceptors (Lipinski definition) is 3.